The quantitative estimate of drug-likeness (QED) is 0.428. The van der Waals surface area contributed by atoms with Gasteiger partial charge in [-0.2, -0.15) is 0 Å². The molecule has 3 N–H and O–H groups in total. The number of aryl methyl sites for hydroxylation is 1. The second kappa shape index (κ2) is 9.42. The van der Waals surface area contributed by atoms with Crippen molar-refractivity contribution in [2.24, 2.45) is 18.7 Å². The van der Waals surface area contributed by atoms with Gasteiger partial charge in [0.15, 0.2) is 5.82 Å². The number of ether oxygens (including phenoxy) is 1. The molecule has 2 atom stereocenters. The van der Waals surface area contributed by atoms with Crippen LogP contribution in [0, 0.1) is 5.92 Å². The lowest BCUT2D eigenvalue weighted by molar-refractivity contribution is 0.0459. The number of amides is 1. The van der Waals surface area contributed by atoms with E-state index in [4.69, 9.17) is 15.5 Å². The first-order valence-electron chi connectivity index (χ1n) is 12.3. The Morgan fingerprint density at radius 2 is 1.97 bits per heavy atom. The number of aliphatic hydroxyl groups is 1. The minimum absolute atomic E-state index is 0. The highest BCUT2D eigenvalue weighted by Crippen LogP contribution is 2.38. The average molecular weight is 510 g/mol. The van der Waals surface area contributed by atoms with E-state index < -0.39 is 12.1 Å². The summed E-state index contributed by atoms with van der Waals surface area (Å²) < 4.78 is 10.2. The maximum absolute atomic E-state index is 13.3. The van der Waals surface area contributed by atoms with E-state index in [9.17, 15) is 9.90 Å². The Hall–Kier alpha value is -3.07. The van der Waals surface area contributed by atoms with Gasteiger partial charge in [-0.25, -0.2) is 4.98 Å². The molecule has 0 radical (unpaired) electrons. The van der Waals surface area contributed by atoms with Crippen LogP contribution in [-0.4, -0.2) is 62.4 Å². The molecule has 1 amide bonds. The summed E-state index contributed by atoms with van der Waals surface area (Å²) in [5, 5.41) is 11.1. The second-order valence-corrected chi connectivity index (χ2v) is 9.95. The molecule has 4 aromatic rings. The van der Waals surface area contributed by atoms with Crippen molar-refractivity contribution < 1.29 is 14.6 Å². The van der Waals surface area contributed by atoms with Gasteiger partial charge in [0.25, 0.3) is 5.91 Å². The second-order valence-electron chi connectivity index (χ2n) is 9.95. The molecule has 1 aliphatic heterocycles. The highest BCUT2D eigenvalue weighted by molar-refractivity contribution is 6.00. The molecule has 0 spiro atoms. The Bertz CT molecular complexity index is 1440. The number of carbonyl (C=O) groups excluding carboxylic acids is 1. The van der Waals surface area contributed by atoms with Gasteiger partial charge in [-0.1, -0.05) is 18.2 Å². The molecule has 36 heavy (non-hydrogen) atoms. The van der Waals surface area contributed by atoms with Crippen molar-refractivity contribution >= 4 is 40.3 Å². The number of nitrogens with two attached hydrogens (primary N) is 1. The van der Waals surface area contributed by atoms with Crippen LogP contribution in [0.4, 0.5) is 0 Å². The number of aliphatic hydroxyl groups excluding tert-OH is 1. The average Bonchev–Trinajstić information content (AvgIpc) is 3.53. The van der Waals surface area contributed by atoms with Crippen molar-refractivity contribution in [3.8, 4) is 17.3 Å². The fraction of sp³-hybridized carbons (Fsp3) is 0.407. The Morgan fingerprint density at radius 1 is 1.19 bits per heavy atom. The molecule has 8 nitrogen and oxygen atoms in total. The van der Waals surface area contributed by atoms with Crippen LogP contribution < -0.4 is 10.5 Å². The first kappa shape index (κ1) is 24.6. The van der Waals surface area contributed by atoms with Crippen LogP contribution in [-0.2, 0) is 13.6 Å². The number of hydrogen-bond acceptors (Lipinski definition) is 5. The van der Waals surface area contributed by atoms with Gasteiger partial charge in [-0.3, -0.25) is 4.79 Å². The number of imidazole rings is 1. The van der Waals surface area contributed by atoms with Gasteiger partial charge in [-0.05, 0) is 49.4 Å². The maximum atomic E-state index is 13.3. The van der Waals surface area contributed by atoms with Crippen LogP contribution >= 0.6 is 12.4 Å². The summed E-state index contributed by atoms with van der Waals surface area (Å²) in [6.45, 7) is 1.78. The number of hydrogen-bond donors (Lipinski definition) is 2. The van der Waals surface area contributed by atoms with E-state index in [2.05, 4.69) is 39.5 Å². The molecule has 9 heteroatoms. The Morgan fingerprint density at radius 3 is 2.69 bits per heavy atom. The summed E-state index contributed by atoms with van der Waals surface area (Å²) >= 11 is 0. The van der Waals surface area contributed by atoms with Gasteiger partial charge in [0.05, 0.1) is 24.4 Å². The van der Waals surface area contributed by atoms with E-state index in [1.54, 1.807) is 18.1 Å². The highest BCUT2D eigenvalue weighted by atomic mass is 35.5. The van der Waals surface area contributed by atoms with E-state index >= 15 is 0 Å². The third-order valence-electron chi connectivity index (χ3n) is 7.49. The first-order chi connectivity index (χ1) is 16.9. The molecule has 1 saturated heterocycles. The number of para-hydroxylation sites is 1. The Balaban J connectivity index is 0.00000267. The minimum Gasteiger partial charge on any atom is -0.494 e. The fourth-order valence-corrected chi connectivity index (χ4v) is 5.31. The van der Waals surface area contributed by atoms with Crippen molar-refractivity contribution in [1.82, 2.24) is 19.0 Å². The first-order valence-corrected chi connectivity index (χ1v) is 12.3. The molecule has 6 rings (SSSR count). The van der Waals surface area contributed by atoms with Crippen LogP contribution in [0.5, 0.6) is 5.75 Å². The lowest BCUT2D eigenvalue weighted by Gasteiger charge is -2.34. The number of aromatic nitrogens is 3. The van der Waals surface area contributed by atoms with Crippen LogP contribution in [0.2, 0.25) is 0 Å². The number of halogens is 1. The van der Waals surface area contributed by atoms with Gasteiger partial charge in [-0.15, -0.1) is 12.4 Å². The zero-order valence-electron chi connectivity index (χ0n) is 20.6. The fourth-order valence-electron chi connectivity index (χ4n) is 5.31. The Labute approximate surface area is 216 Å². The number of nitrogens with zero attached hydrogens (tertiary/aromatic N) is 4. The van der Waals surface area contributed by atoms with Crippen molar-refractivity contribution in [1.29, 1.82) is 0 Å². The Kier molecular flexibility index (Phi) is 6.44. The smallest absolute Gasteiger partial charge is 0.254 e. The molecule has 1 saturated carbocycles. The molecule has 2 aliphatic rings. The molecule has 2 unspecified atom stereocenters. The molecular weight excluding hydrogens is 478 g/mol. The number of benzene rings is 2. The standard InChI is InChI=1S/C27H31N5O3.ClH/c1-30-25-20(11-18(13-24(25)35-2)27(34)31-10-9-23(33)19(28)15-31)29-26(30)22-12-17-5-3-4-6-21(17)32(22)14-16-7-8-16;/h3-6,11-13,16,19,23,33H,7-10,14-15,28H2,1-2H3;1H. The summed E-state index contributed by atoms with van der Waals surface area (Å²) in [7, 11) is 3.62. The molecule has 2 aromatic heterocycles. The highest BCUT2D eigenvalue weighted by Gasteiger charge is 2.30. The van der Waals surface area contributed by atoms with E-state index in [0.717, 1.165) is 29.1 Å². The lowest BCUT2D eigenvalue weighted by Crippen LogP contribution is -2.53. The molecule has 1 aliphatic carbocycles. The SMILES string of the molecule is COc1cc(C(=O)N2CCC(O)C(N)C2)cc2nc(-c3cc4ccccc4n3CC3CC3)n(C)c12.Cl. The van der Waals surface area contributed by atoms with Gasteiger partial charge in [0.2, 0.25) is 0 Å². The number of likely N-dealkylation sites (tertiary alicyclic amines) is 1. The van der Waals surface area contributed by atoms with Gasteiger partial charge >= 0.3 is 0 Å². The number of rotatable bonds is 5. The van der Waals surface area contributed by atoms with Crippen LogP contribution in [0.25, 0.3) is 33.5 Å². The summed E-state index contributed by atoms with van der Waals surface area (Å²) in [6, 6.07) is 13.8. The van der Waals surface area contributed by atoms with Crippen molar-refractivity contribution in [2.75, 3.05) is 20.2 Å². The van der Waals surface area contributed by atoms with E-state index in [-0.39, 0.29) is 18.3 Å². The predicted molar refractivity (Wildman–Crippen MR) is 143 cm³/mol. The number of carbonyl (C=O) groups is 1. The summed E-state index contributed by atoms with van der Waals surface area (Å²) in [4.78, 5) is 20.0. The van der Waals surface area contributed by atoms with Gasteiger partial charge < -0.3 is 29.6 Å². The topological polar surface area (TPSA) is 98.5 Å². The van der Waals surface area contributed by atoms with Crippen LogP contribution in [0.1, 0.15) is 29.6 Å². The van der Waals surface area contributed by atoms with E-state index in [0.29, 0.717) is 36.7 Å². The third-order valence-corrected chi connectivity index (χ3v) is 7.49. The monoisotopic (exact) mass is 509 g/mol. The zero-order chi connectivity index (χ0) is 24.3. The van der Waals surface area contributed by atoms with Crippen LogP contribution in [0.15, 0.2) is 42.5 Å². The van der Waals surface area contributed by atoms with Gasteiger partial charge in [0, 0.05) is 49.2 Å². The number of methoxy groups -OCH3 is 1. The minimum atomic E-state index is -0.572. The van der Waals surface area contributed by atoms with Crippen molar-refractivity contribution in [2.45, 2.75) is 38.0 Å². The summed E-state index contributed by atoms with van der Waals surface area (Å²) in [6.07, 6.45) is 2.44. The molecule has 190 valence electrons. The normalized spacial score (nSPS) is 20.1. The molecule has 0 bridgehead atoms. The lowest BCUT2D eigenvalue weighted by atomic mass is 10.0. The molecule has 2 aromatic carbocycles. The summed E-state index contributed by atoms with van der Waals surface area (Å²) in [5.74, 6) is 2.05. The van der Waals surface area contributed by atoms with Crippen molar-refractivity contribution in [3.63, 3.8) is 0 Å². The maximum Gasteiger partial charge on any atom is 0.254 e. The van der Waals surface area contributed by atoms with E-state index in [1.807, 2.05) is 13.1 Å². The largest absolute Gasteiger partial charge is 0.494 e. The molecular formula is C27H32ClN5O3. The number of piperidine rings is 1. The molecule has 2 fully saturated rings. The van der Waals surface area contributed by atoms with Crippen LogP contribution in [0.3, 0.4) is 0 Å². The number of fused-ring (bicyclic) bond motifs is 2. The predicted octanol–water partition coefficient (Wildman–Crippen LogP) is 3.57. The van der Waals surface area contributed by atoms with Gasteiger partial charge in [0.1, 0.15) is 11.3 Å². The molecule has 3 heterocycles. The summed E-state index contributed by atoms with van der Waals surface area (Å²) in [5.41, 5.74) is 10.4. The zero-order valence-corrected chi connectivity index (χ0v) is 21.4. The third kappa shape index (κ3) is 4.13. The van der Waals surface area contributed by atoms with E-state index in [1.165, 1.54) is 23.7 Å². The van der Waals surface area contributed by atoms with Crippen molar-refractivity contribution in [3.05, 3.63) is 48.0 Å².